The van der Waals surface area contributed by atoms with Gasteiger partial charge in [-0.2, -0.15) is 10.2 Å². The van der Waals surface area contributed by atoms with Gasteiger partial charge in [-0.15, -0.1) is 0 Å². The number of fused-ring (bicyclic) bond motifs is 1. The van der Waals surface area contributed by atoms with Crippen molar-refractivity contribution >= 4 is 12.1 Å². The third-order valence-electron chi connectivity index (χ3n) is 6.35. The summed E-state index contributed by atoms with van der Waals surface area (Å²) in [5.41, 5.74) is 9.59. The van der Waals surface area contributed by atoms with E-state index in [9.17, 15) is 4.79 Å². The maximum atomic E-state index is 13.0. The number of hydrogen-bond donors (Lipinski definition) is 1. The van der Waals surface area contributed by atoms with Crippen LogP contribution >= 0.6 is 0 Å². The highest BCUT2D eigenvalue weighted by molar-refractivity contribution is 5.94. The van der Waals surface area contributed by atoms with Crippen LogP contribution in [0, 0.1) is 6.92 Å². The number of para-hydroxylation sites is 1. The first-order valence-electron chi connectivity index (χ1n) is 12.2. The normalized spacial score (nSPS) is 12.1. The van der Waals surface area contributed by atoms with Gasteiger partial charge < -0.3 is 9.47 Å². The fraction of sp³-hybridized carbons (Fsp3) is 0.0645. The number of nitrogens with zero attached hydrogens (tertiary/aromatic N) is 3. The maximum Gasteiger partial charge on any atom is 0.291 e. The Morgan fingerprint density at radius 2 is 1.55 bits per heavy atom. The third-order valence-corrected chi connectivity index (χ3v) is 6.35. The fourth-order valence-electron chi connectivity index (χ4n) is 4.36. The van der Waals surface area contributed by atoms with E-state index in [1.165, 1.54) is 0 Å². The van der Waals surface area contributed by atoms with Gasteiger partial charge in [0.25, 0.3) is 5.91 Å². The molecule has 0 fully saturated rings. The van der Waals surface area contributed by atoms with Gasteiger partial charge in [0.1, 0.15) is 0 Å². The van der Waals surface area contributed by atoms with Crippen LogP contribution in [0.1, 0.15) is 21.6 Å². The van der Waals surface area contributed by atoms with Crippen molar-refractivity contribution in [1.82, 2.24) is 15.2 Å². The molecule has 0 spiro atoms. The molecule has 1 aliphatic heterocycles. The Kier molecular flexibility index (Phi) is 6.16. The molecule has 0 unspecified atom stereocenters. The van der Waals surface area contributed by atoms with E-state index in [-0.39, 0.29) is 12.5 Å². The Balaban J connectivity index is 1.29. The van der Waals surface area contributed by atoms with Gasteiger partial charge in [0, 0.05) is 5.56 Å². The van der Waals surface area contributed by atoms with E-state index in [1.807, 2.05) is 84.4 Å². The third kappa shape index (κ3) is 4.65. The number of hydrazone groups is 1. The van der Waals surface area contributed by atoms with E-state index in [1.54, 1.807) is 12.3 Å². The zero-order valence-electron chi connectivity index (χ0n) is 20.7. The van der Waals surface area contributed by atoms with Crippen LogP contribution in [0.3, 0.4) is 0 Å². The molecule has 1 amide bonds. The summed E-state index contributed by atoms with van der Waals surface area (Å²) in [6.45, 7) is 2.22. The summed E-state index contributed by atoms with van der Waals surface area (Å²) < 4.78 is 12.5. The van der Waals surface area contributed by atoms with E-state index in [0.29, 0.717) is 11.5 Å². The van der Waals surface area contributed by atoms with E-state index in [4.69, 9.17) is 9.47 Å². The summed E-state index contributed by atoms with van der Waals surface area (Å²) in [5.74, 6) is 0.939. The second-order valence-corrected chi connectivity index (χ2v) is 8.87. The van der Waals surface area contributed by atoms with Gasteiger partial charge >= 0.3 is 0 Å². The number of aromatic nitrogens is 2. The fourth-order valence-corrected chi connectivity index (χ4v) is 4.36. The summed E-state index contributed by atoms with van der Waals surface area (Å²) in [6, 6.07) is 33.7. The Labute approximate surface area is 220 Å². The molecule has 6 rings (SSSR count). The molecule has 38 heavy (non-hydrogen) atoms. The van der Waals surface area contributed by atoms with Crippen LogP contribution in [0.2, 0.25) is 0 Å². The molecule has 0 radical (unpaired) electrons. The second kappa shape index (κ2) is 10.1. The van der Waals surface area contributed by atoms with Crippen molar-refractivity contribution in [3.05, 3.63) is 120 Å². The number of carbonyl (C=O) groups is 1. The lowest BCUT2D eigenvalue weighted by molar-refractivity contribution is 0.0949. The molecule has 4 aromatic carbocycles. The number of amides is 1. The Morgan fingerprint density at radius 3 is 2.37 bits per heavy atom. The van der Waals surface area contributed by atoms with Crippen molar-refractivity contribution < 1.29 is 14.3 Å². The lowest BCUT2D eigenvalue weighted by atomic mass is 10.0. The SMILES string of the molecule is Cc1ccccc1-n1nc(C(=O)N/N=C\c2ccc3c(c2)OCO3)cc1-c1ccc(-c2ccccc2)cc1. The van der Waals surface area contributed by atoms with E-state index in [0.717, 1.165) is 39.2 Å². The lowest BCUT2D eigenvalue weighted by Crippen LogP contribution is -2.18. The first-order chi connectivity index (χ1) is 18.7. The molecule has 1 aromatic heterocycles. The van der Waals surface area contributed by atoms with Crippen molar-refractivity contribution in [2.75, 3.05) is 6.79 Å². The molecule has 0 bridgehead atoms. The van der Waals surface area contributed by atoms with Crippen LogP contribution in [0.5, 0.6) is 11.5 Å². The molecule has 1 N–H and O–H groups in total. The maximum absolute atomic E-state index is 13.0. The van der Waals surface area contributed by atoms with Crippen LogP contribution in [0.15, 0.2) is 108 Å². The summed E-state index contributed by atoms with van der Waals surface area (Å²) in [4.78, 5) is 13.0. The van der Waals surface area contributed by atoms with Crippen molar-refractivity contribution in [3.63, 3.8) is 0 Å². The number of benzene rings is 4. The number of rotatable bonds is 6. The molecular weight excluding hydrogens is 476 g/mol. The van der Waals surface area contributed by atoms with Gasteiger partial charge in [0.15, 0.2) is 17.2 Å². The molecule has 0 saturated heterocycles. The van der Waals surface area contributed by atoms with Gasteiger partial charge in [-0.25, -0.2) is 10.1 Å². The van der Waals surface area contributed by atoms with Gasteiger partial charge in [-0.1, -0.05) is 72.8 Å². The van der Waals surface area contributed by atoms with Gasteiger partial charge in [-0.05, 0) is 59.5 Å². The molecule has 7 nitrogen and oxygen atoms in total. The zero-order chi connectivity index (χ0) is 25.9. The average molecular weight is 501 g/mol. The first-order valence-corrected chi connectivity index (χ1v) is 12.2. The predicted molar refractivity (Wildman–Crippen MR) is 147 cm³/mol. The minimum atomic E-state index is -0.406. The van der Waals surface area contributed by atoms with Crippen LogP contribution in [-0.2, 0) is 0 Å². The molecule has 0 aliphatic carbocycles. The molecular formula is C31H24N4O3. The number of carbonyl (C=O) groups excluding carboxylic acids is 1. The summed E-state index contributed by atoms with van der Waals surface area (Å²) in [5, 5.41) is 8.79. The topological polar surface area (TPSA) is 77.7 Å². The smallest absolute Gasteiger partial charge is 0.291 e. The number of aryl methyl sites for hydroxylation is 1. The average Bonchev–Trinajstić information content (AvgIpc) is 3.61. The standard InChI is InChI=1S/C31H24N4O3/c1-21-7-5-6-10-27(21)35-28(25-14-12-24(13-15-25)23-8-3-2-4-9-23)18-26(34-35)31(36)33-32-19-22-11-16-29-30(17-22)38-20-37-29/h2-19H,20H2,1H3,(H,33,36)/b32-19-. The molecule has 7 heteroatoms. The summed E-state index contributed by atoms with van der Waals surface area (Å²) in [7, 11) is 0. The largest absolute Gasteiger partial charge is 0.454 e. The van der Waals surface area contributed by atoms with Gasteiger partial charge in [0.05, 0.1) is 17.6 Å². The van der Waals surface area contributed by atoms with Crippen molar-refractivity contribution in [3.8, 4) is 39.6 Å². The summed E-state index contributed by atoms with van der Waals surface area (Å²) >= 11 is 0. The number of nitrogens with one attached hydrogen (secondary N) is 1. The van der Waals surface area contributed by atoms with Crippen LogP contribution in [-0.4, -0.2) is 28.7 Å². The summed E-state index contributed by atoms with van der Waals surface area (Å²) in [6.07, 6.45) is 1.56. The quantitative estimate of drug-likeness (QED) is 0.229. The minimum Gasteiger partial charge on any atom is -0.454 e. The molecule has 5 aromatic rings. The molecule has 2 heterocycles. The predicted octanol–water partition coefficient (Wildman–Crippen LogP) is 6.01. The highest BCUT2D eigenvalue weighted by Crippen LogP contribution is 2.32. The highest BCUT2D eigenvalue weighted by Gasteiger charge is 2.18. The lowest BCUT2D eigenvalue weighted by Gasteiger charge is -2.11. The van der Waals surface area contributed by atoms with Crippen LogP contribution in [0.25, 0.3) is 28.1 Å². The Morgan fingerprint density at radius 1 is 0.842 bits per heavy atom. The molecule has 1 aliphatic rings. The number of ether oxygens (including phenoxy) is 2. The van der Waals surface area contributed by atoms with Crippen LogP contribution in [0.4, 0.5) is 0 Å². The number of hydrogen-bond acceptors (Lipinski definition) is 5. The Bertz CT molecular complexity index is 1640. The van der Waals surface area contributed by atoms with Crippen molar-refractivity contribution in [2.24, 2.45) is 5.10 Å². The van der Waals surface area contributed by atoms with E-state index >= 15 is 0 Å². The second-order valence-electron chi connectivity index (χ2n) is 8.87. The van der Waals surface area contributed by atoms with Gasteiger partial charge in [0.2, 0.25) is 6.79 Å². The monoisotopic (exact) mass is 500 g/mol. The first kappa shape index (κ1) is 23.2. The Hall–Kier alpha value is -5.17. The highest BCUT2D eigenvalue weighted by atomic mass is 16.7. The van der Waals surface area contributed by atoms with Gasteiger partial charge in [-0.3, -0.25) is 4.79 Å². The van der Waals surface area contributed by atoms with E-state index in [2.05, 4.69) is 39.9 Å². The minimum absolute atomic E-state index is 0.202. The van der Waals surface area contributed by atoms with Crippen LogP contribution < -0.4 is 14.9 Å². The molecule has 0 saturated carbocycles. The zero-order valence-corrected chi connectivity index (χ0v) is 20.7. The molecule has 186 valence electrons. The van der Waals surface area contributed by atoms with Crippen molar-refractivity contribution in [1.29, 1.82) is 0 Å². The molecule has 0 atom stereocenters. The van der Waals surface area contributed by atoms with E-state index < -0.39 is 5.91 Å². The van der Waals surface area contributed by atoms with Crippen molar-refractivity contribution in [2.45, 2.75) is 6.92 Å².